The zero-order valence-corrected chi connectivity index (χ0v) is 17.3. The molecule has 4 rings (SSSR count). The zero-order chi connectivity index (χ0) is 22.3. The largest absolute Gasteiger partial charge is 0.506 e. The second-order valence-electron chi connectivity index (χ2n) is 7.12. The van der Waals surface area contributed by atoms with Crippen molar-refractivity contribution in [3.05, 3.63) is 64.2 Å². The highest BCUT2D eigenvalue weighted by Gasteiger charge is 2.43. The Morgan fingerprint density at radius 1 is 1.06 bits per heavy atom. The van der Waals surface area contributed by atoms with Crippen LogP contribution in [0.2, 0.25) is 5.02 Å². The highest BCUT2D eigenvalue weighted by molar-refractivity contribution is 6.41. The number of amides is 2. The summed E-state index contributed by atoms with van der Waals surface area (Å²) in [6, 6.07) is 11.2. The number of hydrogen-bond donors (Lipinski definition) is 2. The van der Waals surface area contributed by atoms with E-state index in [0.29, 0.717) is 29.4 Å². The number of aromatic hydroxyl groups is 1. The van der Waals surface area contributed by atoms with E-state index >= 15 is 0 Å². The van der Waals surface area contributed by atoms with Crippen molar-refractivity contribution in [2.45, 2.75) is 19.8 Å². The number of carboxylic acids is 1. The van der Waals surface area contributed by atoms with Crippen LogP contribution in [0.3, 0.4) is 0 Å². The van der Waals surface area contributed by atoms with Crippen LogP contribution in [0.15, 0.2) is 42.5 Å². The lowest BCUT2D eigenvalue weighted by atomic mass is 9.99. The maximum atomic E-state index is 13.4. The topological polar surface area (TPSA) is 104 Å². The molecule has 0 saturated carbocycles. The molecule has 31 heavy (non-hydrogen) atoms. The maximum Gasteiger partial charge on any atom is 0.307 e. The lowest BCUT2D eigenvalue weighted by molar-refractivity contribution is -0.136. The van der Waals surface area contributed by atoms with Crippen molar-refractivity contribution < 1.29 is 29.3 Å². The van der Waals surface area contributed by atoms with Crippen molar-refractivity contribution in [1.29, 1.82) is 0 Å². The molecule has 0 bridgehead atoms. The summed E-state index contributed by atoms with van der Waals surface area (Å²) in [5.74, 6) is -2.48. The molecule has 1 aliphatic rings. The van der Waals surface area contributed by atoms with Gasteiger partial charge in [-0.15, -0.1) is 0 Å². The molecule has 2 amide bonds. The van der Waals surface area contributed by atoms with Gasteiger partial charge in [0.25, 0.3) is 11.8 Å². The molecule has 3 aromatic carbocycles. The first-order chi connectivity index (χ1) is 14.8. The highest BCUT2D eigenvalue weighted by Crippen LogP contribution is 2.46. The third-order valence-corrected chi connectivity index (χ3v) is 5.34. The summed E-state index contributed by atoms with van der Waals surface area (Å²) >= 11 is 6.30. The van der Waals surface area contributed by atoms with Gasteiger partial charge >= 0.3 is 5.97 Å². The standard InChI is InChI=1S/C23H18ClNO6/c1-2-9-31-21-14-6-4-3-5-13(14)20(28)18-19(21)23(30)25(22(18)29)16-8-7-12(10-15(16)24)11-17(26)27/h3-8,10,28H,2,9,11H2,1H3,(H,26,27). The van der Waals surface area contributed by atoms with Gasteiger partial charge in [0.2, 0.25) is 0 Å². The Bertz CT molecular complexity index is 1250. The molecule has 0 atom stereocenters. The number of ether oxygens (including phenoxy) is 1. The first-order valence-corrected chi connectivity index (χ1v) is 10.0. The van der Waals surface area contributed by atoms with Gasteiger partial charge in [-0.3, -0.25) is 14.4 Å². The van der Waals surface area contributed by atoms with E-state index in [1.165, 1.54) is 18.2 Å². The number of hydrogen-bond acceptors (Lipinski definition) is 5. The number of fused-ring (bicyclic) bond motifs is 2. The minimum Gasteiger partial charge on any atom is -0.506 e. The monoisotopic (exact) mass is 439 g/mol. The second-order valence-corrected chi connectivity index (χ2v) is 7.53. The van der Waals surface area contributed by atoms with Gasteiger partial charge in [0.15, 0.2) is 0 Å². The lowest BCUT2D eigenvalue weighted by Gasteiger charge is -2.16. The SMILES string of the molecule is CCCOc1c2c(c(O)c3ccccc13)C(=O)N(c1ccc(CC(=O)O)cc1Cl)C2=O. The minimum absolute atomic E-state index is 0.0136. The normalized spacial score (nSPS) is 13.0. The van der Waals surface area contributed by atoms with Crippen LogP contribution in [0.1, 0.15) is 39.6 Å². The van der Waals surface area contributed by atoms with Crippen LogP contribution in [0.4, 0.5) is 5.69 Å². The maximum absolute atomic E-state index is 13.4. The van der Waals surface area contributed by atoms with Crippen molar-refractivity contribution >= 4 is 45.8 Å². The third-order valence-electron chi connectivity index (χ3n) is 5.03. The lowest BCUT2D eigenvalue weighted by Crippen LogP contribution is -2.29. The smallest absolute Gasteiger partial charge is 0.307 e. The van der Waals surface area contributed by atoms with Gasteiger partial charge in [-0.1, -0.05) is 48.9 Å². The van der Waals surface area contributed by atoms with E-state index in [2.05, 4.69) is 0 Å². The van der Waals surface area contributed by atoms with Crippen LogP contribution < -0.4 is 9.64 Å². The first-order valence-electron chi connectivity index (χ1n) is 9.64. The summed E-state index contributed by atoms with van der Waals surface area (Å²) < 4.78 is 5.85. The summed E-state index contributed by atoms with van der Waals surface area (Å²) in [6.45, 7) is 2.24. The average molecular weight is 440 g/mol. The molecule has 0 fully saturated rings. The van der Waals surface area contributed by atoms with Crippen LogP contribution in [0.25, 0.3) is 10.8 Å². The fraction of sp³-hybridized carbons (Fsp3) is 0.174. The molecule has 0 aromatic heterocycles. The van der Waals surface area contributed by atoms with Gasteiger partial charge in [0, 0.05) is 10.8 Å². The zero-order valence-electron chi connectivity index (χ0n) is 16.5. The minimum atomic E-state index is -1.03. The predicted molar refractivity (Wildman–Crippen MR) is 115 cm³/mol. The Balaban J connectivity index is 1.89. The molecular weight excluding hydrogens is 422 g/mol. The molecule has 0 unspecified atom stereocenters. The van der Waals surface area contributed by atoms with Crippen molar-refractivity contribution in [3.63, 3.8) is 0 Å². The number of phenolic OH excluding ortho intramolecular Hbond substituents is 1. The third kappa shape index (κ3) is 3.37. The van der Waals surface area contributed by atoms with Gasteiger partial charge in [-0.05, 0) is 24.1 Å². The summed E-state index contributed by atoms with van der Waals surface area (Å²) in [5.41, 5.74) is 0.381. The Morgan fingerprint density at radius 2 is 1.74 bits per heavy atom. The molecule has 1 aliphatic heterocycles. The molecule has 2 N–H and O–H groups in total. The molecule has 8 heteroatoms. The molecule has 0 saturated heterocycles. The van der Waals surface area contributed by atoms with Crippen LogP contribution in [0.5, 0.6) is 11.5 Å². The van der Waals surface area contributed by atoms with Gasteiger partial charge in [-0.2, -0.15) is 0 Å². The molecule has 158 valence electrons. The second kappa shape index (κ2) is 7.92. The van der Waals surface area contributed by atoms with E-state index in [1.807, 2.05) is 6.92 Å². The van der Waals surface area contributed by atoms with E-state index < -0.39 is 17.8 Å². The summed E-state index contributed by atoms with van der Waals surface area (Å²) in [6.07, 6.45) is 0.440. The van der Waals surface area contributed by atoms with Crippen molar-refractivity contribution in [2.75, 3.05) is 11.5 Å². The molecule has 0 radical (unpaired) electrons. The number of carbonyl (C=O) groups is 3. The first kappa shape index (κ1) is 20.7. The molecule has 0 aliphatic carbocycles. The number of aliphatic carboxylic acids is 1. The summed E-state index contributed by atoms with van der Waals surface area (Å²) in [5, 5.41) is 20.8. The number of carboxylic acid groups (broad SMARTS) is 1. The summed E-state index contributed by atoms with van der Waals surface area (Å²) in [4.78, 5) is 38.4. The van der Waals surface area contributed by atoms with Gasteiger partial charge in [-0.25, -0.2) is 4.90 Å². The Hall–Kier alpha value is -3.58. The molecule has 1 heterocycles. The van der Waals surface area contributed by atoms with E-state index in [1.54, 1.807) is 24.3 Å². The van der Waals surface area contributed by atoms with Crippen LogP contribution in [-0.4, -0.2) is 34.6 Å². The van der Waals surface area contributed by atoms with Crippen LogP contribution in [-0.2, 0) is 11.2 Å². The van der Waals surface area contributed by atoms with Crippen molar-refractivity contribution in [3.8, 4) is 11.5 Å². The number of rotatable bonds is 6. The number of imide groups is 1. The fourth-order valence-electron chi connectivity index (χ4n) is 3.71. The van der Waals surface area contributed by atoms with Crippen molar-refractivity contribution in [2.24, 2.45) is 0 Å². The highest BCUT2D eigenvalue weighted by atomic mass is 35.5. The van der Waals surface area contributed by atoms with Gasteiger partial charge < -0.3 is 14.9 Å². The van der Waals surface area contributed by atoms with Crippen LogP contribution >= 0.6 is 11.6 Å². The quantitative estimate of drug-likeness (QED) is 0.551. The Labute approximate surface area is 182 Å². The fourth-order valence-corrected chi connectivity index (χ4v) is 3.99. The Morgan fingerprint density at radius 3 is 2.39 bits per heavy atom. The predicted octanol–water partition coefficient (Wildman–Crippen LogP) is 4.42. The molecular formula is C23H18ClNO6. The average Bonchev–Trinajstić information content (AvgIpc) is 2.99. The number of benzene rings is 3. The number of phenols is 1. The number of nitrogens with zero attached hydrogens (tertiary/aromatic N) is 1. The van der Waals surface area contributed by atoms with Crippen LogP contribution in [0, 0.1) is 0 Å². The molecule has 3 aromatic rings. The Kier molecular flexibility index (Phi) is 5.29. The van der Waals surface area contributed by atoms with E-state index in [4.69, 9.17) is 21.4 Å². The van der Waals surface area contributed by atoms with Crippen molar-refractivity contribution in [1.82, 2.24) is 0 Å². The molecule has 7 nitrogen and oxygen atoms in total. The molecule has 0 spiro atoms. The van der Waals surface area contributed by atoms with E-state index in [-0.39, 0.29) is 39.8 Å². The van der Waals surface area contributed by atoms with Gasteiger partial charge in [0.05, 0.1) is 34.9 Å². The number of carbonyl (C=O) groups excluding carboxylic acids is 2. The number of anilines is 1. The van der Waals surface area contributed by atoms with E-state index in [0.717, 1.165) is 4.90 Å². The van der Waals surface area contributed by atoms with E-state index in [9.17, 15) is 19.5 Å². The van der Waals surface area contributed by atoms with Gasteiger partial charge in [0.1, 0.15) is 11.5 Å². The summed E-state index contributed by atoms with van der Waals surface area (Å²) in [7, 11) is 0. The number of halogens is 1.